The molecule has 0 atom stereocenters. The molecule has 0 unspecified atom stereocenters. The van der Waals surface area contributed by atoms with E-state index in [-0.39, 0.29) is 23.5 Å². The molecule has 6 heteroatoms. The Kier molecular flexibility index (Phi) is 3.52. The molecule has 3 rings (SSSR count). The molecule has 2 aromatic rings. The quantitative estimate of drug-likeness (QED) is 0.925. The van der Waals surface area contributed by atoms with Gasteiger partial charge in [-0.25, -0.2) is 8.42 Å². The summed E-state index contributed by atoms with van der Waals surface area (Å²) in [5.41, 5.74) is 0.680. The topological polar surface area (TPSA) is 63.2 Å². The molecule has 106 valence electrons. The van der Waals surface area contributed by atoms with Crippen molar-refractivity contribution < 1.29 is 13.2 Å². The molecule has 1 aromatic carbocycles. The summed E-state index contributed by atoms with van der Waals surface area (Å²) in [7, 11) is -2.89. The third-order valence-electron chi connectivity index (χ3n) is 3.62. The molecular formula is C14H15NO3S2. The van der Waals surface area contributed by atoms with Gasteiger partial charge in [-0.05, 0) is 18.9 Å². The third kappa shape index (κ3) is 2.71. The van der Waals surface area contributed by atoms with Gasteiger partial charge in [0.15, 0.2) is 0 Å². The second kappa shape index (κ2) is 5.18. The second-order valence-corrected chi connectivity index (χ2v) is 8.26. The molecule has 1 amide bonds. The van der Waals surface area contributed by atoms with E-state index in [1.165, 1.54) is 0 Å². The van der Waals surface area contributed by atoms with Crippen LogP contribution >= 0.6 is 11.3 Å². The van der Waals surface area contributed by atoms with E-state index >= 15 is 0 Å². The Hall–Kier alpha value is -1.40. The van der Waals surface area contributed by atoms with Crippen LogP contribution in [0.15, 0.2) is 29.6 Å². The summed E-state index contributed by atoms with van der Waals surface area (Å²) in [6.07, 6.45) is 1.02. The van der Waals surface area contributed by atoms with Crippen LogP contribution in [0.2, 0.25) is 0 Å². The van der Waals surface area contributed by atoms with Crippen LogP contribution in [0.1, 0.15) is 23.2 Å². The highest BCUT2D eigenvalue weighted by atomic mass is 32.2. The summed E-state index contributed by atoms with van der Waals surface area (Å²) in [6, 6.07) is 7.76. The molecule has 2 heterocycles. The molecule has 1 aliphatic rings. The summed E-state index contributed by atoms with van der Waals surface area (Å²) in [5, 5.41) is 5.77. The van der Waals surface area contributed by atoms with Gasteiger partial charge in [0.1, 0.15) is 9.84 Å². The van der Waals surface area contributed by atoms with Crippen LogP contribution in [0.5, 0.6) is 0 Å². The number of rotatable bonds is 2. The predicted molar refractivity (Wildman–Crippen MR) is 81.0 cm³/mol. The zero-order chi connectivity index (χ0) is 14.2. The first-order chi connectivity index (χ1) is 9.55. The third-order valence-corrected chi connectivity index (χ3v) is 6.29. The number of hydrogen-bond acceptors (Lipinski definition) is 4. The number of carbonyl (C=O) groups is 1. The monoisotopic (exact) mass is 309 g/mol. The Labute approximate surface area is 121 Å². The maximum absolute atomic E-state index is 12.3. The molecule has 4 nitrogen and oxygen atoms in total. The molecule has 0 radical (unpaired) electrons. The van der Waals surface area contributed by atoms with Crippen molar-refractivity contribution in [3.63, 3.8) is 0 Å². The minimum absolute atomic E-state index is 0.0373. The molecule has 1 N–H and O–H groups in total. The first-order valence-electron chi connectivity index (χ1n) is 6.53. The molecule has 1 fully saturated rings. The van der Waals surface area contributed by atoms with Crippen molar-refractivity contribution in [3.8, 4) is 0 Å². The number of fused-ring (bicyclic) bond motifs is 1. The van der Waals surface area contributed by atoms with E-state index in [4.69, 9.17) is 0 Å². The molecule has 1 aromatic heterocycles. The number of amides is 1. The minimum atomic E-state index is -2.89. The fourth-order valence-corrected chi connectivity index (χ4v) is 4.88. The Morgan fingerprint density at radius 2 is 1.90 bits per heavy atom. The SMILES string of the molecule is O=C(NC1CCS(=O)(=O)CC1)c1csc2ccccc12. The Bertz CT molecular complexity index is 735. The van der Waals surface area contributed by atoms with E-state index < -0.39 is 9.84 Å². The lowest BCUT2D eigenvalue weighted by Gasteiger charge is -2.22. The van der Waals surface area contributed by atoms with Crippen molar-refractivity contribution in [1.29, 1.82) is 0 Å². The van der Waals surface area contributed by atoms with E-state index in [2.05, 4.69) is 5.32 Å². The summed E-state index contributed by atoms with van der Waals surface area (Å²) in [4.78, 5) is 12.3. The standard InChI is InChI=1S/C14H15NO3S2/c16-14(15-10-5-7-20(17,18)8-6-10)12-9-19-13-4-2-1-3-11(12)13/h1-4,9-10H,5-8H2,(H,15,16). The summed E-state index contributed by atoms with van der Waals surface area (Å²) in [6.45, 7) is 0. The van der Waals surface area contributed by atoms with Gasteiger partial charge in [0.25, 0.3) is 5.91 Å². The van der Waals surface area contributed by atoms with Crippen LogP contribution in [-0.4, -0.2) is 31.9 Å². The Balaban J connectivity index is 1.74. The average Bonchev–Trinajstić information content (AvgIpc) is 2.85. The van der Waals surface area contributed by atoms with E-state index in [1.54, 1.807) is 11.3 Å². The van der Waals surface area contributed by atoms with Gasteiger partial charge in [0.05, 0.1) is 17.1 Å². The average molecular weight is 309 g/mol. The molecule has 0 saturated carbocycles. The van der Waals surface area contributed by atoms with Crippen LogP contribution in [0.3, 0.4) is 0 Å². The molecular weight excluding hydrogens is 294 g/mol. The maximum Gasteiger partial charge on any atom is 0.252 e. The summed E-state index contributed by atoms with van der Waals surface area (Å²) < 4.78 is 23.8. The predicted octanol–water partition coefficient (Wildman–Crippen LogP) is 2.21. The first kappa shape index (κ1) is 13.6. The first-order valence-corrected chi connectivity index (χ1v) is 9.23. The van der Waals surface area contributed by atoms with E-state index in [0.717, 1.165) is 10.1 Å². The maximum atomic E-state index is 12.3. The van der Waals surface area contributed by atoms with Gasteiger partial charge < -0.3 is 5.32 Å². The van der Waals surface area contributed by atoms with Gasteiger partial charge in [0.2, 0.25) is 0 Å². The smallest absolute Gasteiger partial charge is 0.252 e. The van der Waals surface area contributed by atoms with E-state index in [0.29, 0.717) is 18.4 Å². The van der Waals surface area contributed by atoms with E-state index in [1.807, 2.05) is 29.6 Å². The van der Waals surface area contributed by atoms with Crippen LogP contribution in [0, 0.1) is 0 Å². The Morgan fingerprint density at radius 3 is 2.65 bits per heavy atom. The highest BCUT2D eigenvalue weighted by molar-refractivity contribution is 7.91. The summed E-state index contributed by atoms with van der Waals surface area (Å²) >= 11 is 1.55. The van der Waals surface area contributed by atoms with Crippen molar-refractivity contribution in [1.82, 2.24) is 5.32 Å². The number of thiophene rings is 1. The fraction of sp³-hybridized carbons (Fsp3) is 0.357. The van der Waals surface area contributed by atoms with Crippen molar-refractivity contribution in [2.75, 3.05) is 11.5 Å². The number of sulfone groups is 1. The van der Waals surface area contributed by atoms with Crippen LogP contribution < -0.4 is 5.32 Å². The van der Waals surface area contributed by atoms with E-state index in [9.17, 15) is 13.2 Å². The molecule has 1 saturated heterocycles. The lowest BCUT2D eigenvalue weighted by atomic mass is 10.1. The number of carbonyl (C=O) groups excluding carboxylic acids is 1. The van der Waals surface area contributed by atoms with Crippen molar-refractivity contribution in [2.45, 2.75) is 18.9 Å². The zero-order valence-corrected chi connectivity index (χ0v) is 12.5. The Morgan fingerprint density at radius 1 is 1.20 bits per heavy atom. The van der Waals surface area contributed by atoms with Crippen LogP contribution in [0.4, 0.5) is 0 Å². The molecule has 20 heavy (non-hydrogen) atoms. The molecule has 0 spiro atoms. The van der Waals surface area contributed by atoms with Crippen LogP contribution in [-0.2, 0) is 9.84 Å². The normalized spacial score (nSPS) is 19.0. The lowest BCUT2D eigenvalue weighted by Crippen LogP contribution is -2.40. The van der Waals surface area contributed by atoms with Gasteiger partial charge in [-0.3, -0.25) is 4.79 Å². The highest BCUT2D eigenvalue weighted by Crippen LogP contribution is 2.25. The van der Waals surface area contributed by atoms with Gasteiger partial charge in [0, 0.05) is 21.5 Å². The lowest BCUT2D eigenvalue weighted by molar-refractivity contribution is 0.0936. The highest BCUT2D eigenvalue weighted by Gasteiger charge is 2.25. The van der Waals surface area contributed by atoms with Crippen molar-refractivity contribution in [3.05, 3.63) is 35.2 Å². The number of nitrogens with one attached hydrogen (secondary N) is 1. The van der Waals surface area contributed by atoms with Gasteiger partial charge in [-0.2, -0.15) is 0 Å². The van der Waals surface area contributed by atoms with Gasteiger partial charge in [-0.1, -0.05) is 18.2 Å². The molecule has 1 aliphatic heterocycles. The molecule has 0 bridgehead atoms. The minimum Gasteiger partial charge on any atom is -0.349 e. The number of benzene rings is 1. The fourth-order valence-electron chi connectivity index (χ4n) is 2.45. The van der Waals surface area contributed by atoms with Gasteiger partial charge >= 0.3 is 0 Å². The zero-order valence-electron chi connectivity index (χ0n) is 10.8. The van der Waals surface area contributed by atoms with Crippen molar-refractivity contribution >= 4 is 37.2 Å². The summed E-state index contributed by atoms with van der Waals surface area (Å²) in [5.74, 6) is 0.233. The van der Waals surface area contributed by atoms with Crippen LogP contribution in [0.25, 0.3) is 10.1 Å². The number of hydrogen-bond donors (Lipinski definition) is 1. The largest absolute Gasteiger partial charge is 0.349 e. The van der Waals surface area contributed by atoms with Crippen molar-refractivity contribution in [2.24, 2.45) is 0 Å². The van der Waals surface area contributed by atoms with Gasteiger partial charge in [-0.15, -0.1) is 11.3 Å². The second-order valence-electron chi connectivity index (χ2n) is 5.05. The molecule has 0 aliphatic carbocycles.